The van der Waals surface area contributed by atoms with Crippen molar-refractivity contribution in [3.8, 4) is 0 Å². The summed E-state index contributed by atoms with van der Waals surface area (Å²) in [6, 6.07) is 2.16. The van der Waals surface area contributed by atoms with Gasteiger partial charge in [-0.1, -0.05) is 0 Å². The molecule has 1 aromatic heterocycles. The summed E-state index contributed by atoms with van der Waals surface area (Å²) in [5.74, 6) is 0. The van der Waals surface area contributed by atoms with E-state index in [1.807, 2.05) is 6.20 Å². The molecule has 1 aromatic rings. The van der Waals surface area contributed by atoms with Gasteiger partial charge in [0.1, 0.15) is 0 Å². The summed E-state index contributed by atoms with van der Waals surface area (Å²) in [5.41, 5.74) is 1.42. The molecule has 0 fully saturated rings. The van der Waals surface area contributed by atoms with Gasteiger partial charge in [0.15, 0.2) is 0 Å². The van der Waals surface area contributed by atoms with Crippen LogP contribution in [0.25, 0.3) is 6.08 Å². The molecule has 0 saturated carbocycles. The molecule has 0 amide bonds. The first-order valence-electron chi connectivity index (χ1n) is 2.93. The SMILES string of the molecule is C1=Cc2sccc2CN1. The minimum absolute atomic E-state index is 0.995. The van der Waals surface area contributed by atoms with Crippen LogP contribution in [0.5, 0.6) is 0 Å². The lowest BCUT2D eigenvalue weighted by atomic mass is 10.2. The van der Waals surface area contributed by atoms with Crippen molar-refractivity contribution < 1.29 is 0 Å². The standard InChI is InChI=1S/C7H7NS/c1-3-8-5-6-2-4-9-7(1)6/h1-4,8H,5H2. The molecule has 0 atom stereocenters. The molecule has 1 N–H and O–H groups in total. The van der Waals surface area contributed by atoms with Crippen molar-refractivity contribution in [1.82, 2.24) is 5.32 Å². The largest absolute Gasteiger partial charge is 0.387 e. The maximum Gasteiger partial charge on any atom is 0.0409 e. The second kappa shape index (κ2) is 1.88. The third-order valence-electron chi connectivity index (χ3n) is 1.43. The molecule has 0 unspecified atom stereocenters. The number of hydrogen-bond acceptors (Lipinski definition) is 2. The summed E-state index contributed by atoms with van der Waals surface area (Å²) in [6.45, 7) is 0.995. The molecule has 1 aliphatic heterocycles. The van der Waals surface area contributed by atoms with E-state index in [-0.39, 0.29) is 0 Å². The van der Waals surface area contributed by atoms with Crippen LogP contribution in [0.1, 0.15) is 10.4 Å². The average Bonchev–Trinajstić information content (AvgIpc) is 2.33. The van der Waals surface area contributed by atoms with E-state index in [1.54, 1.807) is 11.3 Å². The first-order chi connectivity index (χ1) is 4.47. The van der Waals surface area contributed by atoms with Crippen LogP contribution in [0.15, 0.2) is 17.6 Å². The fourth-order valence-corrected chi connectivity index (χ4v) is 1.76. The van der Waals surface area contributed by atoms with Crippen molar-refractivity contribution in [1.29, 1.82) is 0 Å². The first kappa shape index (κ1) is 5.06. The molecule has 0 spiro atoms. The van der Waals surface area contributed by atoms with E-state index in [9.17, 15) is 0 Å². The Labute approximate surface area is 58.0 Å². The van der Waals surface area contributed by atoms with E-state index >= 15 is 0 Å². The summed E-state index contributed by atoms with van der Waals surface area (Å²) in [4.78, 5) is 1.40. The number of nitrogens with one attached hydrogen (secondary N) is 1. The van der Waals surface area contributed by atoms with Crippen molar-refractivity contribution in [2.45, 2.75) is 6.54 Å². The third-order valence-corrected chi connectivity index (χ3v) is 2.35. The molecule has 9 heavy (non-hydrogen) atoms. The Morgan fingerprint density at radius 2 is 2.56 bits per heavy atom. The normalized spacial score (nSPS) is 14.7. The van der Waals surface area contributed by atoms with E-state index in [0.717, 1.165) is 6.54 Å². The molecule has 2 heteroatoms. The summed E-state index contributed by atoms with van der Waals surface area (Å²) < 4.78 is 0. The minimum Gasteiger partial charge on any atom is -0.387 e. The van der Waals surface area contributed by atoms with Gasteiger partial charge in [-0.15, -0.1) is 11.3 Å². The topological polar surface area (TPSA) is 12.0 Å². The first-order valence-corrected chi connectivity index (χ1v) is 3.81. The van der Waals surface area contributed by atoms with Crippen LogP contribution in [0.2, 0.25) is 0 Å². The van der Waals surface area contributed by atoms with Gasteiger partial charge in [0, 0.05) is 11.4 Å². The number of hydrogen-bond donors (Lipinski definition) is 1. The lowest BCUT2D eigenvalue weighted by Crippen LogP contribution is -2.07. The molecule has 1 nitrogen and oxygen atoms in total. The highest BCUT2D eigenvalue weighted by molar-refractivity contribution is 7.11. The van der Waals surface area contributed by atoms with Gasteiger partial charge in [0.2, 0.25) is 0 Å². The predicted octanol–water partition coefficient (Wildman–Crippen LogP) is 1.82. The van der Waals surface area contributed by atoms with Crippen molar-refractivity contribution in [3.63, 3.8) is 0 Å². The van der Waals surface area contributed by atoms with Crippen LogP contribution >= 0.6 is 11.3 Å². The lowest BCUT2D eigenvalue weighted by molar-refractivity contribution is 0.865. The molecular formula is C7H7NS. The van der Waals surface area contributed by atoms with E-state index in [2.05, 4.69) is 22.8 Å². The fourth-order valence-electron chi connectivity index (χ4n) is 0.943. The predicted molar refractivity (Wildman–Crippen MR) is 40.2 cm³/mol. The molecule has 1 aliphatic rings. The number of rotatable bonds is 0. The van der Waals surface area contributed by atoms with Gasteiger partial charge >= 0.3 is 0 Å². The minimum atomic E-state index is 0.995. The van der Waals surface area contributed by atoms with Crippen LogP contribution in [-0.4, -0.2) is 0 Å². The summed E-state index contributed by atoms with van der Waals surface area (Å²) in [6.07, 6.45) is 4.11. The van der Waals surface area contributed by atoms with Gasteiger partial charge in [0.05, 0.1) is 0 Å². The zero-order valence-corrected chi connectivity index (χ0v) is 5.74. The molecule has 0 saturated heterocycles. The van der Waals surface area contributed by atoms with Gasteiger partial charge in [-0.25, -0.2) is 0 Å². The zero-order valence-electron chi connectivity index (χ0n) is 4.92. The van der Waals surface area contributed by atoms with Crippen molar-refractivity contribution in [2.75, 3.05) is 0 Å². The van der Waals surface area contributed by atoms with Crippen molar-refractivity contribution >= 4 is 17.4 Å². The summed E-state index contributed by atoms with van der Waals surface area (Å²) in [5, 5.41) is 5.28. The average molecular weight is 137 g/mol. The van der Waals surface area contributed by atoms with Crippen LogP contribution in [0.3, 0.4) is 0 Å². The molecule has 0 radical (unpaired) electrons. The lowest BCUT2D eigenvalue weighted by Gasteiger charge is -2.04. The highest BCUT2D eigenvalue weighted by Crippen LogP contribution is 2.20. The van der Waals surface area contributed by atoms with Gasteiger partial charge in [-0.3, -0.25) is 0 Å². The Kier molecular flexibility index (Phi) is 1.06. The second-order valence-corrected chi connectivity index (χ2v) is 2.97. The molecular weight excluding hydrogens is 130 g/mol. The smallest absolute Gasteiger partial charge is 0.0409 e. The van der Waals surface area contributed by atoms with Crippen LogP contribution in [-0.2, 0) is 6.54 Å². The van der Waals surface area contributed by atoms with E-state index in [4.69, 9.17) is 0 Å². The van der Waals surface area contributed by atoms with Crippen LogP contribution in [0, 0.1) is 0 Å². The van der Waals surface area contributed by atoms with Gasteiger partial charge < -0.3 is 5.32 Å². The summed E-state index contributed by atoms with van der Waals surface area (Å²) in [7, 11) is 0. The van der Waals surface area contributed by atoms with Crippen molar-refractivity contribution in [3.05, 3.63) is 28.1 Å². The molecule has 0 aliphatic carbocycles. The Morgan fingerprint density at radius 1 is 1.56 bits per heavy atom. The Hall–Kier alpha value is -0.760. The highest BCUT2D eigenvalue weighted by atomic mass is 32.1. The van der Waals surface area contributed by atoms with Crippen LogP contribution in [0.4, 0.5) is 0 Å². The van der Waals surface area contributed by atoms with E-state index < -0.39 is 0 Å². The zero-order chi connectivity index (χ0) is 6.10. The monoisotopic (exact) mass is 137 g/mol. The quantitative estimate of drug-likeness (QED) is 0.575. The Bertz CT molecular complexity index is 237. The molecule has 2 rings (SSSR count). The van der Waals surface area contributed by atoms with Gasteiger partial charge in [-0.05, 0) is 29.3 Å². The maximum absolute atomic E-state index is 3.15. The third kappa shape index (κ3) is 0.754. The molecule has 46 valence electrons. The fraction of sp³-hybridized carbons (Fsp3) is 0.143. The van der Waals surface area contributed by atoms with E-state index in [0.29, 0.717) is 0 Å². The highest BCUT2D eigenvalue weighted by Gasteiger charge is 2.02. The molecule has 2 heterocycles. The number of fused-ring (bicyclic) bond motifs is 1. The maximum atomic E-state index is 3.15. The molecule has 0 bridgehead atoms. The van der Waals surface area contributed by atoms with Gasteiger partial charge in [0.25, 0.3) is 0 Å². The van der Waals surface area contributed by atoms with Crippen molar-refractivity contribution in [2.24, 2.45) is 0 Å². The second-order valence-electron chi connectivity index (χ2n) is 2.02. The van der Waals surface area contributed by atoms with Gasteiger partial charge in [-0.2, -0.15) is 0 Å². The number of thiophene rings is 1. The Morgan fingerprint density at radius 3 is 3.44 bits per heavy atom. The van der Waals surface area contributed by atoms with E-state index in [1.165, 1.54) is 10.4 Å². The Balaban J connectivity index is 2.53. The van der Waals surface area contributed by atoms with Crippen LogP contribution < -0.4 is 5.32 Å². The summed E-state index contributed by atoms with van der Waals surface area (Å²) >= 11 is 1.80. The molecule has 0 aromatic carbocycles.